The molecule has 37 heavy (non-hydrogen) atoms. The zero-order valence-corrected chi connectivity index (χ0v) is 20.1. The Morgan fingerprint density at radius 3 is 2.27 bits per heavy atom. The molecule has 0 atom stereocenters. The van der Waals surface area contributed by atoms with E-state index in [1.807, 2.05) is 36.4 Å². The van der Waals surface area contributed by atoms with E-state index in [1.165, 1.54) is 17.0 Å². The van der Waals surface area contributed by atoms with Gasteiger partial charge in [-0.2, -0.15) is 18.4 Å². The van der Waals surface area contributed by atoms with Crippen molar-refractivity contribution in [3.8, 4) is 22.9 Å². The molecule has 1 saturated heterocycles. The Balaban J connectivity index is 1.42. The zero-order chi connectivity index (χ0) is 26.8. The van der Waals surface area contributed by atoms with E-state index in [4.69, 9.17) is 10.00 Å². The van der Waals surface area contributed by atoms with Crippen molar-refractivity contribution in [2.24, 2.45) is 0 Å². The molecule has 0 saturated carbocycles. The lowest BCUT2D eigenvalue weighted by Crippen LogP contribution is -2.44. The van der Waals surface area contributed by atoms with Gasteiger partial charge >= 0.3 is 12.2 Å². The lowest BCUT2D eigenvalue weighted by atomic mass is 10.0. The Morgan fingerprint density at radius 1 is 1.00 bits per heavy atom. The summed E-state index contributed by atoms with van der Waals surface area (Å²) in [6, 6.07) is 14.8. The quantitative estimate of drug-likeness (QED) is 0.304. The van der Waals surface area contributed by atoms with Crippen LogP contribution in [0.5, 0.6) is 5.75 Å². The van der Waals surface area contributed by atoms with Crippen LogP contribution in [0.3, 0.4) is 0 Å². The molecule has 2 heterocycles. The maximum atomic E-state index is 13.4. The molecular formula is C27H23F3N4O3. The third-order valence-electron chi connectivity index (χ3n) is 6.17. The predicted molar refractivity (Wildman–Crippen MR) is 130 cm³/mol. The number of aromatic nitrogens is 1. The van der Waals surface area contributed by atoms with Gasteiger partial charge in [0.05, 0.1) is 29.5 Å². The molecule has 0 spiro atoms. The van der Waals surface area contributed by atoms with Gasteiger partial charge in [0.15, 0.2) is 0 Å². The van der Waals surface area contributed by atoms with Crippen molar-refractivity contribution in [3.05, 3.63) is 78.1 Å². The molecule has 2 aromatic carbocycles. The Labute approximate surface area is 211 Å². The molecule has 1 aromatic heterocycles. The van der Waals surface area contributed by atoms with Crippen molar-refractivity contribution in [1.29, 1.82) is 5.26 Å². The summed E-state index contributed by atoms with van der Waals surface area (Å²) >= 11 is 0. The van der Waals surface area contributed by atoms with E-state index < -0.39 is 34.8 Å². The van der Waals surface area contributed by atoms with Crippen molar-refractivity contribution >= 4 is 17.6 Å². The van der Waals surface area contributed by atoms with Gasteiger partial charge in [0, 0.05) is 18.9 Å². The highest BCUT2D eigenvalue weighted by atomic mass is 19.4. The Kier molecular flexibility index (Phi) is 6.90. The first-order valence-electron chi connectivity index (χ1n) is 11.4. The largest absolute Gasteiger partial charge is 0.494 e. The fourth-order valence-electron chi connectivity index (χ4n) is 4.14. The Morgan fingerprint density at radius 2 is 1.65 bits per heavy atom. The van der Waals surface area contributed by atoms with E-state index in [2.05, 4.69) is 4.98 Å². The number of ether oxygens (including phenoxy) is 1. The predicted octanol–water partition coefficient (Wildman–Crippen LogP) is 5.66. The van der Waals surface area contributed by atoms with Crippen molar-refractivity contribution in [1.82, 2.24) is 9.88 Å². The van der Waals surface area contributed by atoms with Gasteiger partial charge < -0.3 is 9.64 Å². The molecule has 7 nitrogen and oxygen atoms in total. The summed E-state index contributed by atoms with van der Waals surface area (Å²) in [5, 5.41) is 9.02. The average molecular weight is 509 g/mol. The number of urea groups is 1. The molecule has 0 N–H and O–H groups in total. The minimum atomic E-state index is -4.81. The van der Waals surface area contributed by atoms with Gasteiger partial charge in [0.1, 0.15) is 11.3 Å². The van der Waals surface area contributed by atoms with Crippen molar-refractivity contribution in [2.45, 2.75) is 32.0 Å². The molecule has 1 aliphatic rings. The summed E-state index contributed by atoms with van der Waals surface area (Å²) in [6.07, 6.45) is -0.994. The number of carbonyl (C=O) groups excluding carboxylic acids is 2. The van der Waals surface area contributed by atoms with Crippen LogP contribution >= 0.6 is 0 Å². The van der Waals surface area contributed by atoms with E-state index >= 15 is 0 Å². The maximum Gasteiger partial charge on any atom is 0.417 e. The van der Waals surface area contributed by atoms with Gasteiger partial charge in [0.2, 0.25) is 0 Å². The molecule has 1 fully saturated rings. The van der Waals surface area contributed by atoms with Crippen molar-refractivity contribution < 1.29 is 27.5 Å². The number of nitrogens with zero attached hydrogens (tertiary/aromatic N) is 4. The van der Waals surface area contributed by atoms with Crippen LogP contribution in [0, 0.1) is 11.3 Å². The minimum Gasteiger partial charge on any atom is -0.494 e. The van der Waals surface area contributed by atoms with Crippen LogP contribution in [-0.4, -0.2) is 40.5 Å². The number of benzene rings is 2. The zero-order valence-electron chi connectivity index (χ0n) is 20.1. The smallest absolute Gasteiger partial charge is 0.417 e. The van der Waals surface area contributed by atoms with E-state index in [0.29, 0.717) is 18.2 Å². The number of amides is 3. The number of rotatable bonds is 7. The SMILES string of the molecule is CC1(C)C(=O)N(c2ccc(C#N)c(C(F)(F)F)c2)C(=O)N1CCCOc1ccc(-c2ccncc2)cc1. The minimum absolute atomic E-state index is 0.158. The number of anilines is 1. The van der Waals surface area contributed by atoms with Gasteiger partial charge in [-0.15, -0.1) is 0 Å². The molecule has 0 radical (unpaired) electrons. The van der Waals surface area contributed by atoms with Crippen LogP contribution in [0.2, 0.25) is 0 Å². The number of nitriles is 1. The monoisotopic (exact) mass is 508 g/mol. The highest BCUT2D eigenvalue weighted by Gasteiger charge is 2.51. The molecule has 10 heteroatoms. The van der Waals surface area contributed by atoms with Gasteiger partial charge in [-0.05, 0) is 73.9 Å². The summed E-state index contributed by atoms with van der Waals surface area (Å²) in [6.45, 7) is 3.50. The second-order valence-electron chi connectivity index (χ2n) is 8.94. The van der Waals surface area contributed by atoms with Gasteiger partial charge in [0.25, 0.3) is 5.91 Å². The highest BCUT2D eigenvalue weighted by Crippen LogP contribution is 2.37. The maximum absolute atomic E-state index is 13.4. The van der Waals surface area contributed by atoms with Crippen molar-refractivity contribution in [2.75, 3.05) is 18.1 Å². The lowest BCUT2D eigenvalue weighted by molar-refractivity contribution is -0.137. The number of halogens is 3. The van der Waals surface area contributed by atoms with Gasteiger partial charge in [-0.25, -0.2) is 9.69 Å². The van der Waals surface area contributed by atoms with Crippen LogP contribution in [0.4, 0.5) is 23.7 Å². The summed E-state index contributed by atoms with van der Waals surface area (Å²) in [5.41, 5.74) is -1.26. The van der Waals surface area contributed by atoms with Crippen LogP contribution in [0.15, 0.2) is 67.0 Å². The number of pyridine rings is 1. The topological polar surface area (TPSA) is 86.5 Å². The van der Waals surface area contributed by atoms with E-state index in [0.717, 1.165) is 22.1 Å². The molecule has 0 unspecified atom stereocenters. The second kappa shape index (κ2) is 9.93. The van der Waals surface area contributed by atoms with E-state index in [1.54, 1.807) is 26.2 Å². The first-order valence-corrected chi connectivity index (χ1v) is 11.4. The molecule has 3 aromatic rings. The molecule has 0 aliphatic carbocycles. The molecule has 3 amide bonds. The summed E-state index contributed by atoms with van der Waals surface area (Å²) < 4.78 is 46.0. The van der Waals surface area contributed by atoms with E-state index in [9.17, 15) is 22.8 Å². The number of alkyl halides is 3. The Hall–Kier alpha value is -4.39. The standard InChI is InChI=1S/C27H23F3N4O3/c1-26(2)24(35)34(21-7-4-20(17-31)23(16-21)27(28,29)30)25(36)33(26)14-3-15-37-22-8-5-18(6-9-22)19-10-12-32-13-11-19/h4-13,16H,3,14-15H2,1-2H3. The number of hydrogen-bond acceptors (Lipinski definition) is 5. The van der Waals surface area contributed by atoms with Crippen molar-refractivity contribution in [3.63, 3.8) is 0 Å². The molecule has 1 aliphatic heterocycles. The van der Waals surface area contributed by atoms with Crippen LogP contribution in [0.1, 0.15) is 31.4 Å². The first kappa shape index (κ1) is 25.7. The van der Waals surface area contributed by atoms with E-state index in [-0.39, 0.29) is 18.8 Å². The first-order chi connectivity index (χ1) is 17.5. The Bertz CT molecular complexity index is 1350. The average Bonchev–Trinajstić information content (AvgIpc) is 3.05. The van der Waals surface area contributed by atoms with Crippen LogP contribution in [0.25, 0.3) is 11.1 Å². The lowest BCUT2D eigenvalue weighted by Gasteiger charge is -2.27. The normalized spacial score (nSPS) is 15.1. The second-order valence-corrected chi connectivity index (χ2v) is 8.94. The highest BCUT2D eigenvalue weighted by molar-refractivity contribution is 6.23. The molecule has 4 rings (SSSR count). The van der Waals surface area contributed by atoms with Crippen LogP contribution in [-0.2, 0) is 11.0 Å². The third kappa shape index (κ3) is 5.11. The third-order valence-corrected chi connectivity index (χ3v) is 6.17. The molecule has 0 bridgehead atoms. The molecule has 190 valence electrons. The number of hydrogen-bond donors (Lipinski definition) is 0. The van der Waals surface area contributed by atoms with Gasteiger partial charge in [-0.3, -0.25) is 9.78 Å². The summed E-state index contributed by atoms with van der Waals surface area (Å²) in [5.74, 6) is -0.0114. The summed E-state index contributed by atoms with van der Waals surface area (Å²) in [4.78, 5) is 32.2. The fourth-order valence-corrected chi connectivity index (χ4v) is 4.14. The number of carbonyl (C=O) groups is 2. The summed E-state index contributed by atoms with van der Waals surface area (Å²) in [7, 11) is 0. The molecular weight excluding hydrogens is 485 g/mol. The van der Waals surface area contributed by atoms with Crippen LogP contribution < -0.4 is 9.64 Å². The number of imide groups is 1. The van der Waals surface area contributed by atoms with Gasteiger partial charge in [-0.1, -0.05) is 12.1 Å². The fraction of sp³-hybridized carbons (Fsp3) is 0.259.